The number of likely N-dealkylation sites (N-methyl/N-ethyl adjacent to an activating group) is 1. The van der Waals surface area contributed by atoms with Gasteiger partial charge in [-0.2, -0.15) is 11.8 Å². The molecule has 1 aliphatic rings. The first kappa shape index (κ1) is 12.1. The molecule has 1 fully saturated rings. The average Bonchev–Trinajstić information content (AvgIpc) is 2.25. The average molecular weight is 214 g/mol. The first-order chi connectivity index (χ1) is 6.86. The summed E-state index contributed by atoms with van der Waals surface area (Å²) in [5.41, 5.74) is 0. The van der Waals surface area contributed by atoms with E-state index in [1.54, 1.807) is 0 Å². The quantitative estimate of drug-likeness (QED) is 0.676. The fourth-order valence-corrected chi connectivity index (χ4v) is 2.70. The zero-order chi connectivity index (χ0) is 10.2. The first-order valence-corrected chi connectivity index (χ1v) is 6.66. The fraction of sp³-hybridized carbons (Fsp3) is 0.818. The van der Waals surface area contributed by atoms with Crippen LogP contribution in [-0.2, 0) is 0 Å². The van der Waals surface area contributed by atoms with Gasteiger partial charge in [0.25, 0.3) is 0 Å². The third kappa shape index (κ3) is 4.49. The van der Waals surface area contributed by atoms with Crippen molar-refractivity contribution in [1.82, 2.24) is 10.2 Å². The van der Waals surface area contributed by atoms with Crippen LogP contribution in [0.2, 0.25) is 0 Å². The van der Waals surface area contributed by atoms with E-state index in [1.165, 1.54) is 31.0 Å². The summed E-state index contributed by atoms with van der Waals surface area (Å²) in [5.74, 6) is 2.56. The van der Waals surface area contributed by atoms with E-state index in [-0.39, 0.29) is 0 Å². The maximum Gasteiger partial charge on any atom is 0.0170 e. The van der Waals surface area contributed by atoms with Gasteiger partial charge in [-0.05, 0) is 19.5 Å². The molecule has 0 aromatic rings. The van der Waals surface area contributed by atoms with Gasteiger partial charge in [0.05, 0.1) is 0 Å². The van der Waals surface area contributed by atoms with Crippen LogP contribution in [0.3, 0.4) is 0 Å². The number of nitrogens with zero attached hydrogens (tertiary/aromatic N) is 1. The van der Waals surface area contributed by atoms with Crippen LogP contribution in [0.25, 0.3) is 0 Å². The van der Waals surface area contributed by atoms with Crippen LogP contribution in [0.5, 0.6) is 0 Å². The van der Waals surface area contributed by atoms with Gasteiger partial charge in [0, 0.05) is 30.6 Å². The second-order valence-corrected chi connectivity index (χ2v) is 4.85. The molecule has 0 aromatic carbocycles. The van der Waals surface area contributed by atoms with Crippen LogP contribution in [-0.4, -0.2) is 48.6 Å². The van der Waals surface area contributed by atoms with E-state index in [4.69, 9.17) is 0 Å². The summed E-state index contributed by atoms with van der Waals surface area (Å²) in [7, 11) is 0. The Morgan fingerprint density at radius 2 is 2.50 bits per heavy atom. The lowest BCUT2D eigenvalue weighted by atomic mass is 10.2. The van der Waals surface area contributed by atoms with E-state index >= 15 is 0 Å². The summed E-state index contributed by atoms with van der Waals surface area (Å²) in [6.07, 6.45) is 3.27. The van der Waals surface area contributed by atoms with Crippen LogP contribution in [0.1, 0.15) is 13.3 Å². The SMILES string of the molecule is C=CCN(CC)CCC1CSCCN1. The van der Waals surface area contributed by atoms with Gasteiger partial charge in [-0.3, -0.25) is 4.90 Å². The molecule has 1 atom stereocenters. The van der Waals surface area contributed by atoms with E-state index in [1.807, 2.05) is 6.08 Å². The normalized spacial score (nSPS) is 22.6. The maximum atomic E-state index is 3.78. The van der Waals surface area contributed by atoms with Crippen molar-refractivity contribution in [2.75, 3.05) is 37.7 Å². The maximum absolute atomic E-state index is 3.78. The molecule has 3 heteroatoms. The van der Waals surface area contributed by atoms with Crippen LogP contribution < -0.4 is 5.32 Å². The molecule has 2 nitrogen and oxygen atoms in total. The summed E-state index contributed by atoms with van der Waals surface area (Å²) >= 11 is 2.07. The zero-order valence-electron chi connectivity index (χ0n) is 9.17. The molecule has 0 aliphatic carbocycles. The Morgan fingerprint density at radius 1 is 1.64 bits per heavy atom. The third-order valence-electron chi connectivity index (χ3n) is 2.63. The molecular formula is C11H22N2S. The van der Waals surface area contributed by atoms with E-state index in [2.05, 4.69) is 35.5 Å². The number of rotatable bonds is 6. The topological polar surface area (TPSA) is 15.3 Å². The number of thioether (sulfide) groups is 1. The Bertz CT molecular complexity index is 155. The van der Waals surface area contributed by atoms with E-state index < -0.39 is 0 Å². The fourth-order valence-electron chi connectivity index (χ4n) is 1.70. The van der Waals surface area contributed by atoms with Crippen molar-refractivity contribution in [3.05, 3.63) is 12.7 Å². The Labute approximate surface area is 92.1 Å². The Hall–Kier alpha value is 0.01000. The second-order valence-electron chi connectivity index (χ2n) is 3.70. The molecular weight excluding hydrogens is 192 g/mol. The third-order valence-corrected chi connectivity index (χ3v) is 3.76. The molecule has 1 heterocycles. The van der Waals surface area contributed by atoms with Gasteiger partial charge in [-0.25, -0.2) is 0 Å². The van der Waals surface area contributed by atoms with Crippen molar-refractivity contribution in [2.45, 2.75) is 19.4 Å². The van der Waals surface area contributed by atoms with Crippen molar-refractivity contribution in [3.63, 3.8) is 0 Å². The van der Waals surface area contributed by atoms with Gasteiger partial charge in [0.1, 0.15) is 0 Å². The molecule has 14 heavy (non-hydrogen) atoms. The highest BCUT2D eigenvalue weighted by molar-refractivity contribution is 7.99. The largest absolute Gasteiger partial charge is 0.312 e. The molecule has 82 valence electrons. The molecule has 0 spiro atoms. The lowest BCUT2D eigenvalue weighted by Gasteiger charge is -2.26. The second kappa shape index (κ2) is 7.32. The lowest BCUT2D eigenvalue weighted by Crippen LogP contribution is -2.40. The van der Waals surface area contributed by atoms with Gasteiger partial charge in [0.2, 0.25) is 0 Å². The van der Waals surface area contributed by atoms with Crippen molar-refractivity contribution in [1.29, 1.82) is 0 Å². The predicted octanol–water partition coefficient (Wildman–Crippen LogP) is 1.59. The minimum Gasteiger partial charge on any atom is -0.312 e. The number of hydrogen-bond acceptors (Lipinski definition) is 3. The van der Waals surface area contributed by atoms with Gasteiger partial charge in [-0.1, -0.05) is 13.0 Å². The standard InChI is InChI=1S/C11H22N2S/c1-3-7-13(4-2)8-5-11-10-14-9-6-12-11/h3,11-12H,1,4-10H2,2H3. The minimum absolute atomic E-state index is 0.729. The Balaban J connectivity index is 2.13. The highest BCUT2D eigenvalue weighted by Gasteiger charge is 2.13. The van der Waals surface area contributed by atoms with Crippen LogP contribution >= 0.6 is 11.8 Å². The zero-order valence-corrected chi connectivity index (χ0v) is 9.98. The van der Waals surface area contributed by atoms with E-state index in [0.717, 1.165) is 19.1 Å². The van der Waals surface area contributed by atoms with Crippen LogP contribution in [0, 0.1) is 0 Å². The number of hydrogen-bond donors (Lipinski definition) is 1. The molecule has 0 radical (unpaired) electrons. The molecule has 1 N–H and O–H groups in total. The summed E-state index contributed by atoms with van der Waals surface area (Å²) in [6, 6.07) is 0.729. The van der Waals surface area contributed by atoms with Crippen molar-refractivity contribution in [2.24, 2.45) is 0 Å². The monoisotopic (exact) mass is 214 g/mol. The summed E-state index contributed by atoms with van der Waals surface area (Å²) < 4.78 is 0. The smallest absolute Gasteiger partial charge is 0.0170 e. The van der Waals surface area contributed by atoms with Gasteiger partial charge in [-0.15, -0.1) is 6.58 Å². The highest BCUT2D eigenvalue weighted by Crippen LogP contribution is 2.10. The Kier molecular flexibility index (Phi) is 6.32. The van der Waals surface area contributed by atoms with Crippen LogP contribution in [0.15, 0.2) is 12.7 Å². The highest BCUT2D eigenvalue weighted by atomic mass is 32.2. The molecule has 1 saturated heterocycles. The predicted molar refractivity (Wildman–Crippen MR) is 66.0 cm³/mol. The van der Waals surface area contributed by atoms with Gasteiger partial charge in [0.15, 0.2) is 0 Å². The van der Waals surface area contributed by atoms with Gasteiger partial charge < -0.3 is 5.32 Å². The first-order valence-electron chi connectivity index (χ1n) is 5.51. The Morgan fingerprint density at radius 3 is 3.07 bits per heavy atom. The molecule has 0 aromatic heterocycles. The molecule has 0 saturated carbocycles. The summed E-state index contributed by atoms with van der Waals surface area (Å²) in [5, 5.41) is 3.57. The molecule has 1 rings (SSSR count). The molecule has 1 unspecified atom stereocenters. The lowest BCUT2D eigenvalue weighted by molar-refractivity contribution is 0.298. The van der Waals surface area contributed by atoms with Crippen molar-refractivity contribution >= 4 is 11.8 Å². The number of nitrogens with one attached hydrogen (secondary N) is 1. The molecule has 1 aliphatic heterocycles. The summed E-state index contributed by atoms with van der Waals surface area (Å²) in [6.45, 7) is 10.5. The molecule has 0 bridgehead atoms. The van der Waals surface area contributed by atoms with Crippen molar-refractivity contribution < 1.29 is 0 Å². The van der Waals surface area contributed by atoms with Crippen molar-refractivity contribution in [3.8, 4) is 0 Å². The van der Waals surface area contributed by atoms with E-state index in [0.29, 0.717) is 0 Å². The van der Waals surface area contributed by atoms with Gasteiger partial charge >= 0.3 is 0 Å². The molecule has 0 amide bonds. The minimum atomic E-state index is 0.729. The summed E-state index contributed by atoms with van der Waals surface area (Å²) in [4.78, 5) is 2.44. The van der Waals surface area contributed by atoms with Crippen LogP contribution in [0.4, 0.5) is 0 Å². The van der Waals surface area contributed by atoms with E-state index in [9.17, 15) is 0 Å².